The van der Waals surface area contributed by atoms with Crippen LogP contribution >= 0.6 is 0 Å². The molecule has 1 unspecified atom stereocenters. The monoisotopic (exact) mass is 502 g/mol. The van der Waals surface area contributed by atoms with Gasteiger partial charge in [-0.25, -0.2) is 0 Å². The third kappa shape index (κ3) is 3.82. The summed E-state index contributed by atoms with van der Waals surface area (Å²) in [7, 11) is -3.79. The molecule has 0 saturated carbocycles. The number of rotatable bonds is 8. The fourth-order valence-corrected chi connectivity index (χ4v) is 6.16. The molecule has 0 fully saturated rings. The highest BCUT2D eigenvalue weighted by molar-refractivity contribution is 7.86. The van der Waals surface area contributed by atoms with Crippen LogP contribution in [0.25, 0.3) is 32.7 Å². The van der Waals surface area contributed by atoms with Gasteiger partial charge in [-0.2, -0.15) is 8.42 Å². The third-order valence-electron chi connectivity index (χ3n) is 6.90. The lowest BCUT2D eigenvalue weighted by Gasteiger charge is -2.18. The fraction of sp³-hybridized carbons (Fsp3) is 0.250. The molecule has 2 aromatic heterocycles. The molecule has 0 N–H and O–H groups in total. The van der Waals surface area contributed by atoms with E-state index >= 15 is 0 Å². The van der Waals surface area contributed by atoms with Crippen molar-refractivity contribution in [1.29, 1.82) is 0 Å². The van der Waals surface area contributed by atoms with Gasteiger partial charge in [0.05, 0.1) is 41.7 Å². The molecule has 1 atom stereocenters. The van der Waals surface area contributed by atoms with E-state index in [0.29, 0.717) is 31.7 Å². The van der Waals surface area contributed by atoms with Crippen molar-refractivity contribution in [2.24, 2.45) is 0 Å². The van der Waals surface area contributed by atoms with Crippen LogP contribution in [0.1, 0.15) is 22.3 Å². The molecular weight excluding hydrogens is 476 g/mol. The lowest BCUT2D eigenvalue weighted by atomic mass is 10.1. The second-order valence-electron chi connectivity index (χ2n) is 9.28. The van der Waals surface area contributed by atoms with Crippen molar-refractivity contribution < 1.29 is 22.1 Å². The number of carbonyl (C=O) groups is 1. The van der Waals surface area contributed by atoms with Crippen LogP contribution < -0.4 is 0 Å². The predicted octanol–water partition coefficient (Wildman–Crippen LogP) is 5.06. The zero-order chi connectivity index (χ0) is 24.9. The Hall–Kier alpha value is -3.46. The predicted molar refractivity (Wildman–Crippen MR) is 139 cm³/mol. The number of carbonyl (C=O) groups excluding carboxylic acids is 1. The molecule has 0 radical (unpaired) electrons. The average molecular weight is 503 g/mol. The van der Waals surface area contributed by atoms with Gasteiger partial charge in [-0.3, -0.25) is 8.98 Å². The molecule has 3 aromatic carbocycles. The first-order chi connectivity index (χ1) is 17.5. The summed E-state index contributed by atoms with van der Waals surface area (Å²) in [6.45, 7) is 3.56. The van der Waals surface area contributed by atoms with Gasteiger partial charge in [-0.05, 0) is 31.5 Å². The molecule has 184 valence electrons. The van der Waals surface area contributed by atoms with Crippen molar-refractivity contribution >= 4 is 49.1 Å². The van der Waals surface area contributed by atoms with Gasteiger partial charge in [0.2, 0.25) is 0 Å². The topological polar surface area (TPSA) is 79.5 Å². The average Bonchev–Trinajstić information content (AvgIpc) is 3.33. The Bertz CT molecular complexity index is 1710. The second kappa shape index (κ2) is 8.89. The Morgan fingerprint density at radius 3 is 2.50 bits per heavy atom. The van der Waals surface area contributed by atoms with Crippen LogP contribution in [0.4, 0.5) is 0 Å². The molecule has 8 heteroatoms. The molecule has 0 aliphatic carbocycles. The zero-order valence-electron chi connectivity index (χ0n) is 19.9. The summed E-state index contributed by atoms with van der Waals surface area (Å²) in [6, 6.07) is 19.0. The molecule has 7 nitrogen and oxygen atoms in total. The van der Waals surface area contributed by atoms with Crippen LogP contribution in [0.2, 0.25) is 0 Å². The number of ether oxygens (including phenoxy) is 1. The van der Waals surface area contributed by atoms with E-state index in [1.54, 1.807) is 24.3 Å². The van der Waals surface area contributed by atoms with Gasteiger partial charge in [-0.15, -0.1) is 0 Å². The SMILES string of the molecule is Cc1ccc(S(=O)(=O)OCCCOC2Cn3cc(C=O)c4ccc5c6ccccc6n(c5c43)C2)cc1. The van der Waals surface area contributed by atoms with E-state index in [0.717, 1.165) is 39.2 Å². The van der Waals surface area contributed by atoms with Crippen molar-refractivity contribution in [3.63, 3.8) is 0 Å². The molecule has 1 aliphatic rings. The summed E-state index contributed by atoms with van der Waals surface area (Å²) in [5, 5.41) is 3.27. The van der Waals surface area contributed by atoms with Gasteiger partial charge in [0.15, 0.2) is 6.29 Å². The van der Waals surface area contributed by atoms with Gasteiger partial charge in [0.1, 0.15) is 0 Å². The number of aldehydes is 1. The maximum Gasteiger partial charge on any atom is 0.296 e. The van der Waals surface area contributed by atoms with Crippen LogP contribution in [0.5, 0.6) is 0 Å². The molecule has 0 spiro atoms. The zero-order valence-corrected chi connectivity index (χ0v) is 20.7. The Labute approximate surface area is 209 Å². The van der Waals surface area contributed by atoms with Crippen LogP contribution in [-0.2, 0) is 32.1 Å². The number of hydrogen-bond donors (Lipinski definition) is 0. The minimum atomic E-state index is -3.79. The minimum Gasteiger partial charge on any atom is -0.374 e. The first-order valence-corrected chi connectivity index (χ1v) is 13.4. The Morgan fingerprint density at radius 1 is 0.917 bits per heavy atom. The van der Waals surface area contributed by atoms with Gasteiger partial charge >= 0.3 is 0 Å². The largest absolute Gasteiger partial charge is 0.374 e. The summed E-state index contributed by atoms with van der Waals surface area (Å²) >= 11 is 0. The molecule has 1 aliphatic heterocycles. The molecule has 5 aromatic rings. The highest BCUT2D eigenvalue weighted by Crippen LogP contribution is 2.38. The van der Waals surface area contributed by atoms with Crippen LogP contribution in [0.15, 0.2) is 71.8 Å². The first kappa shape index (κ1) is 23.0. The number of nitrogens with zero attached hydrogens (tertiary/aromatic N) is 2. The number of aromatic nitrogens is 2. The number of fused-ring (bicyclic) bond motifs is 3. The van der Waals surface area contributed by atoms with Crippen molar-refractivity contribution in [2.75, 3.05) is 13.2 Å². The maximum atomic E-state index is 12.4. The summed E-state index contributed by atoms with van der Waals surface area (Å²) < 4.78 is 40.7. The molecular formula is C28H26N2O5S. The van der Waals surface area contributed by atoms with E-state index in [2.05, 4.69) is 27.3 Å². The molecule has 0 saturated heterocycles. The standard InChI is InChI=1S/C28H26N2O5S/c1-19-7-9-22(10-8-19)36(32,33)35-14-4-13-34-21-16-29-15-20(18-31)23-11-12-25-24-5-2-3-6-26(24)30(17-21)28(25)27(23)29/h2-3,5-12,15,18,21H,4,13-14,16-17H2,1H3. The molecule has 36 heavy (non-hydrogen) atoms. The van der Waals surface area contributed by atoms with E-state index in [4.69, 9.17) is 8.92 Å². The summed E-state index contributed by atoms with van der Waals surface area (Å²) in [5.74, 6) is 0. The maximum absolute atomic E-state index is 12.4. The molecule has 0 bridgehead atoms. The summed E-state index contributed by atoms with van der Waals surface area (Å²) in [4.78, 5) is 11.9. The van der Waals surface area contributed by atoms with Gasteiger partial charge < -0.3 is 13.9 Å². The lowest BCUT2D eigenvalue weighted by molar-refractivity contribution is 0.0274. The molecule has 0 amide bonds. The van der Waals surface area contributed by atoms with Crippen molar-refractivity contribution in [2.45, 2.75) is 37.4 Å². The van der Waals surface area contributed by atoms with Gasteiger partial charge in [-0.1, -0.05) is 48.0 Å². The van der Waals surface area contributed by atoms with E-state index in [1.165, 1.54) is 5.39 Å². The highest BCUT2D eigenvalue weighted by Gasteiger charge is 2.25. The number of aryl methyl sites for hydroxylation is 1. The number of benzene rings is 3. The smallest absolute Gasteiger partial charge is 0.296 e. The quantitative estimate of drug-likeness (QED) is 0.168. The highest BCUT2D eigenvalue weighted by atomic mass is 32.2. The van der Waals surface area contributed by atoms with Crippen LogP contribution in [0.3, 0.4) is 0 Å². The van der Waals surface area contributed by atoms with E-state index in [-0.39, 0.29) is 17.6 Å². The summed E-state index contributed by atoms with van der Waals surface area (Å²) in [5.41, 5.74) is 4.94. The van der Waals surface area contributed by atoms with Crippen LogP contribution in [0, 0.1) is 6.92 Å². The molecule has 3 heterocycles. The van der Waals surface area contributed by atoms with Gasteiger partial charge in [0.25, 0.3) is 10.1 Å². The van der Waals surface area contributed by atoms with Crippen molar-refractivity contribution in [1.82, 2.24) is 9.13 Å². The Balaban J connectivity index is 1.21. The number of para-hydroxylation sites is 1. The summed E-state index contributed by atoms with van der Waals surface area (Å²) in [6.07, 6.45) is 3.09. The minimum absolute atomic E-state index is 0.0445. The lowest BCUT2D eigenvalue weighted by Crippen LogP contribution is -2.24. The molecule has 6 rings (SSSR count). The third-order valence-corrected chi connectivity index (χ3v) is 8.23. The van der Waals surface area contributed by atoms with E-state index < -0.39 is 10.1 Å². The fourth-order valence-electron chi connectivity index (χ4n) is 5.22. The van der Waals surface area contributed by atoms with Crippen LogP contribution in [-0.4, -0.2) is 43.2 Å². The second-order valence-corrected chi connectivity index (χ2v) is 10.9. The Morgan fingerprint density at radius 2 is 1.69 bits per heavy atom. The van der Waals surface area contributed by atoms with E-state index in [1.807, 2.05) is 31.3 Å². The normalized spacial score (nSPS) is 15.8. The number of hydrogen-bond acceptors (Lipinski definition) is 5. The van der Waals surface area contributed by atoms with E-state index in [9.17, 15) is 13.2 Å². The first-order valence-electron chi connectivity index (χ1n) is 12.0. The Kier molecular flexibility index (Phi) is 5.67. The van der Waals surface area contributed by atoms with Crippen molar-refractivity contribution in [3.8, 4) is 0 Å². The van der Waals surface area contributed by atoms with Crippen molar-refractivity contribution in [3.05, 3.63) is 78.0 Å². The van der Waals surface area contributed by atoms with Gasteiger partial charge in [0, 0.05) is 40.0 Å².